The Labute approximate surface area is 195 Å². The van der Waals surface area contributed by atoms with E-state index < -0.39 is 5.82 Å². The van der Waals surface area contributed by atoms with Gasteiger partial charge in [0.2, 0.25) is 0 Å². The van der Waals surface area contributed by atoms with Crippen LogP contribution in [0.5, 0.6) is 5.75 Å². The number of ether oxygens (including phenoxy) is 1. The average molecular weight is 452 g/mol. The molecule has 176 valence electrons. The maximum absolute atomic E-state index is 14.7. The zero-order valence-corrected chi connectivity index (χ0v) is 19.5. The van der Waals surface area contributed by atoms with Crippen molar-refractivity contribution in [3.8, 4) is 16.9 Å². The Bertz CT molecular complexity index is 1100. The van der Waals surface area contributed by atoms with Crippen LogP contribution in [-0.4, -0.2) is 37.8 Å². The molecule has 0 atom stereocenters. The summed E-state index contributed by atoms with van der Waals surface area (Å²) in [5.41, 5.74) is 2.40. The van der Waals surface area contributed by atoms with E-state index in [1.807, 2.05) is 24.3 Å². The van der Waals surface area contributed by atoms with Gasteiger partial charge in [0.05, 0.1) is 23.2 Å². The fraction of sp³-hybridized carbons (Fsp3) is 0.444. The molecule has 1 fully saturated rings. The Kier molecular flexibility index (Phi) is 8.00. The van der Waals surface area contributed by atoms with Crippen molar-refractivity contribution in [2.45, 2.75) is 45.4 Å². The van der Waals surface area contributed by atoms with E-state index in [1.54, 1.807) is 12.3 Å². The molecule has 0 radical (unpaired) electrons. The summed E-state index contributed by atoms with van der Waals surface area (Å²) >= 11 is 0. The molecule has 1 saturated heterocycles. The highest BCUT2D eigenvalue weighted by Gasteiger charge is 2.19. The number of H-pyrrole nitrogens is 1. The molecule has 33 heavy (non-hydrogen) atoms. The maximum atomic E-state index is 14.7. The third-order valence-electron chi connectivity index (χ3n) is 6.30. The number of pyridine rings is 1. The van der Waals surface area contributed by atoms with Crippen molar-refractivity contribution in [2.75, 3.05) is 37.7 Å². The third-order valence-corrected chi connectivity index (χ3v) is 6.30. The summed E-state index contributed by atoms with van der Waals surface area (Å²) in [6.45, 7) is 6.82. The van der Waals surface area contributed by atoms with Crippen molar-refractivity contribution in [1.82, 2.24) is 10.3 Å². The van der Waals surface area contributed by atoms with Gasteiger partial charge in [0.15, 0.2) is 5.43 Å². The van der Waals surface area contributed by atoms with Gasteiger partial charge >= 0.3 is 0 Å². The quantitative estimate of drug-likeness (QED) is 0.379. The first kappa shape index (κ1) is 23.3. The van der Waals surface area contributed by atoms with Crippen molar-refractivity contribution in [3.05, 3.63) is 58.6 Å². The van der Waals surface area contributed by atoms with E-state index in [4.69, 9.17) is 4.74 Å². The highest BCUT2D eigenvalue weighted by molar-refractivity contribution is 5.93. The number of aromatic nitrogens is 1. The molecule has 0 unspecified atom stereocenters. The predicted octanol–water partition coefficient (Wildman–Crippen LogP) is 5.48. The van der Waals surface area contributed by atoms with Gasteiger partial charge in [-0.1, -0.05) is 25.5 Å². The zero-order chi connectivity index (χ0) is 23.0. The maximum Gasteiger partial charge on any atom is 0.200 e. The summed E-state index contributed by atoms with van der Waals surface area (Å²) in [6, 6.07) is 10.6. The van der Waals surface area contributed by atoms with Gasteiger partial charge in [0, 0.05) is 24.8 Å². The Morgan fingerprint density at radius 3 is 2.55 bits per heavy atom. The van der Waals surface area contributed by atoms with Crippen molar-refractivity contribution < 1.29 is 9.13 Å². The van der Waals surface area contributed by atoms with E-state index >= 15 is 0 Å². The molecule has 1 aromatic heterocycles. The summed E-state index contributed by atoms with van der Waals surface area (Å²) in [6.07, 6.45) is 8.44. The van der Waals surface area contributed by atoms with Crippen LogP contribution in [-0.2, 0) is 0 Å². The van der Waals surface area contributed by atoms with Crippen molar-refractivity contribution >= 4 is 16.6 Å². The van der Waals surface area contributed by atoms with Crippen LogP contribution in [0.25, 0.3) is 22.0 Å². The Morgan fingerprint density at radius 2 is 1.79 bits per heavy atom. The topological polar surface area (TPSA) is 57.4 Å². The fourth-order valence-corrected chi connectivity index (χ4v) is 4.41. The van der Waals surface area contributed by atoms with Gasteiger partial charge in [-0.3, -0.25) is 4.79 Å². The molecular formula is C27H34FN3O2. The van der Waals surface area contributed by atoms with Crippen LogP contribution in [0.4, 0.5) is 10.1 Å². The van der Waals surface area contributed by atoms with Gasteiger partial charge < -0.3 is 19.9 Å². The summed E-state index contributed by atoms with van der Waals surface area (Å²) < 4.78 is 20.5. The lowest BCUT2D eigenvalue weighted by Gasteiger charge is -2.20. The lowest BCUT2D eigenvalue weighted by molar-refractivity contribution is 0.306. The Balaban J connectivity index is 1.43. The van der Waals surface area contributed by atoms with Gasteiger partial charge in [-0.05, 0) is 75.0 Å². The van der Waals surface area contributed by atoms with Crippen molar-refractivity contribution in [2.24, 2.45) is 0 Å². The average Bonchev–Trinajstić information content (AvgIpc) is 3.36. The number of benzene rings is 2. The molecule has 6 heteroatoms. The highest BCUT2D eigenvalue weighted by atomic mass is 19.1. The molecule has 3 aromatic rings. The largest absolute Gasteiger partial charge is 0.494 e. The number of fused-ring (bicyclic) bond motifs is 1. The number of nitrogens with zero attached hydrogens (tertiary/aromatic N) is 1. The van der Waals surface area contributed by atoms with Crippen LogP contribution in [0, 0.1) is 5.82 Å². The number of aromatic amines is 1. The van der Waals surface area contributed by atoms with Crippen molar-refractivity contribution in [3.63, 3.8) is 0 Å². The second kappa shape index (κ2) is 11.3. The first-order valence-electron chi connectivity index (χ1n) is 12.2. The molecule has 5 nitrogen and oxygen atoms in total. The third kappa shape index (κ3) is 5.56. The van der Waals surface area contributed by atoms with Crippen LogP contribution in [0.3, 0.4) is 0 Å². The molecule has 1 aliphatic rings. The summed E-state index contributed by atoms with van der Waals surface area (Å²) in [5, 5.41) is 3.56. The van der Waals surface area contributed by atoms with Gasteiger partial charge in [-0.25, -0.2) is 4.39 Å². The van der Waals surface area contributed by atoms with Gasteiger partial charge in [0.25, 0.3) is 0 Å². The standard InChI is InChI=1S/C27H34FN3O2/c1-2-3-14-29-15-4-7-18-33-21-10-8-20(9-11-21)22-19-30-26-24(31-16-5-6-17-31)13-12-23(28)25(26)27(22)32/h8-13,19,29H,2-7,14-18H2,1H3,(H,30,32). The first-order valence-corrected chi connectivity index (χ1v) is 12.2. The van der Waals surface area contributed by atoms with E-state index in [2.05, 4.69) is 22.1 Å². The first-order chi connectivity index (χ1) is 16.2. The molecular weight excluding hydrogens is 417 g/mol. The van der Waals surface area contributed by atoms with E-state index in [1.165, 1.54) is 18.9 Å². The lowest BCUT2D eigenvalue weighted by Crippen LogP contribution is -2.19. The number of rotatable bonds is 11. The Morgan fingerprint density at radius 1 is 1.03 bits per heavy atom. The van der Waals surface area contributed by atoms with E-state index in [0.717, 1.165) is 68.9 Å². The van der Waals surface area contributed by atoms with E-state index in [-0.39, 0.29) is 10.8 Å². The number of unbranched alkanes of at least 4 members (excludes halogenated alkanes) is 2. The monoisotopic (exact) mass is 451 g/mol. The molecule has 1 aliphatic heterocycles. The molecule has 0 aliphatic carbocycles. The van der Waals surface area contributed by atoms with Gasteiger partial charge in [0.1, 0.15) is 11.6 Å². The summed E-state index contributed by atoms with van der Waals surface area (Å²) in [5.74, 6) is 0.289. The molecule has 0 amide bonds. The smallest absolute Gasteiger partial charge is 0.200 e. The molecule has 0 spiro atoms. The number of hydrogen-bond donors (Lipinski definition) is 2. The number of halogens is 1. The second-order valence-corrected chi connectivity index (χ2v) is 8.73. The summed E-state index contributed by atoms with van der Waals surface area (Å²) in [4.78, 5) is 18.6. The van der Waals surface area contributed by atoms with Gasteiger partial charge in [-0.15, -0.1) is 0 Å². The number of nitrogens with one attached hydrogen (secondary N) is 2. The highest BCUT2D eigenvalue weighted by Crippen LogP contribution is 2.30. The zero-order valence-electron chi connectivity index (χ0n) is 19.5. The van der Waals surface area contributed by atoms with Crippen molar-refractivity contribution in [1.29, 1.82) is 0 Å². The van der Waals surface area contributed by atoms with Crippen LogP contribution in [0.1, 0.15) is 45.4 Å². The van der Waals surface area contributed by atoms with Crippen LogP contribution in [0.2, 0.25) is 0 Å². The predicted molar refractivity (Wildman–Crippen MR) is 134 cm³/mol. The minimum atomic E-state index is -0.486. The molecule has 4 rings (SSSR count). The van der Waals surface area contributed by atoms with Crippen LogP contribution >= 0.6 is 0 Å². The molecule has 0 bridgehead atoms. The fourth-order valence-electron chi connectivity index (χ4n) is 4.41. The molecule has 2 heterocycles. The number of hydrogen-bond acceptors (Lipinski definition) is 4. The second-order valence-electron chi connectivity index (χ2n) is 8.73. The SMILES string of the molecule is CCCCNCCCCOc1ccc(-c2c[nH]c3c(N4CCCC4)ccc(F)c3c2=O)cc1. The Hall–Kier alpha value is -2.86. The van der Waals surface area contributed by atoms with Crippen LogP contribution < -0.4 is 20.4 Å². The van der Waals surface area contributed by atoms with Crippen LogP contribution in [0.15, 0.2) is 47.4 Å². The normalized spacial score (nSPS) is 13.7. The summed E-state index contributed by atoms with van der Waals surface area (Å²) in [7, 11) is 0. The van der Waals surface area contributed by atoms with E-state index in [0.29, 0.717) is 17.7 Å². The molecule has 0 saturated carbocycles. The lowest BCUT2D eigenvalue weighted by atomic mass is 10.0. The minimum Gasteiger partial charge on any atom is -0.494 e. The number of anilines is 1. The minimum absolute atomic E-state index is 0.129. The molecule has 2 N–H and O–H groups in total. The van der Waals surface area contributed by atoms with E-state index in [9.17, 15) is 9.18 Å². The van der Waals surface area contributed by atoms with Gasteiger partial charge in [-0.2, -0.15) is 0 Å². The molecule has 2 aromatic carbocycles.